The molecule has 0 saturated carbocycles. The van der Waals surface area contributed by atoms with Crippen molar-refractivity contribution in [2.75, 3.05) is 0 Å². The van der Waals surface area contributed by atoms with E-state index in [0.29, 0.717) is 17.5 Å². The van der Waals surface area contributed by atoms with Crippen molar-refractivity contribution in [3.63, 3.8) is 0 Å². The van der Waals surface area contributed by atoms with Gasteiger partial charge in [-0.05, 0) is 67.6 Å². The fraction of sp³-hybridized carbons (Fsp3) is 0.0444. The summed E-state index contributed by atoms with van der Waals surface area (Å²) < 4.78 is 0. The van der Waals surface area contributed by atoms with Crippen molar-refractivity contribution in [1.82, 2.24) is 15.0 Å². The van der Waals surface area contributed by atoms with E-state index in [2.05, 4.69) is 109 Å². The van der Waals surface area contributed by atoms with Crippen LogP contribution >= 0.6 is 0 Å². The molecular weight excluding hydrogens is 583 g/mol. The van der Waals surface area contributed by atoms with Crippen LogP contribution in [0.25, 0.3) is 72.1 Å². The predicted octanol–water partition coefficient (Wildman–Crippen LogP) is 11.5. The van der Waals surface area contributed by atoms with Gasteiger partial charge in [0.15, 0.2) is 17.5 Å². The summed E-state index contributed by atoms with van der Waals surface area (Å²) in [4.78, 5) is 14.8. The molecule has 7 aromatic carbocycles. The van der Waals surface area contributed by atoms with Crippen molar-refractivity contribution in [3.8, 4) is 34.2 Å². The quantitative estimate of drug-likeness (QED) is 0.181. The lowest BCUT2D eigenvalue weighted by atomic mass is 9.83. The van der Waals surface area contributed by atoms with Crippen molar-refractivity contribution in [2.45, 2.75) is 12.3 Å². The van der Waals surface area contributed by atoms with Gasteiger partial charge in [-0.2, -0.15) is 0 Å². The highest BCUT2D eigenvalue weighted by Crippen LogP contribution is 2.40. The number of nitrogens with zero attached hydrogens (tertiary/aromatic N) is 3. The summed E-state index contributed by atoms with van der Waals surface area (Å²) >= 11 is 0. The summed E-state index contributed by atoms with van der Waals surface area (Å²) in [7, 11) is 0. The Hall–Kier alpha value is -6.19. The molecule has 1 atom stereocenters. The molecule has 9 rings (SSSR count). The molecule has 0 N–H and O–H groups in total. The van der Waals surface area contributed by atoms with Crippen LogP contribution in [0.2, 0.25) is 0 Å². The van der Waals surface area contributed by atoms with Crippen LogP contribution in [0.4, 0.5) is 0 Å². The first-order valence-electron chi connectivity index (χ1n) is 16.5. The molecule has 0 fully saturated rings. The summed E-state index contributed by atoms with van der Waals surface area (Å²) in [6.07, 6.45) is 7.71. The van der Waals surface area contributed by atoms with E-state index in [1.807, 2.05) is 60.7 Å². The van der Waals surface area contributed by atoms with Gasteiger partial charge in [-0.1, -0.05) is 158 Å². The Kier molecular flexibility index (Phi) is 6.94. The molecule has 0 amide bonds. The third kappa shape index (κ3) is 5.06. The van der Waals surface area contributed by atoms with Gasteiger partial charge in [0.2, 0.25) is 0 Å². The Labute approximate surface area is 279 Å². The summed E-state index contributed by atoms with van der Waals surface area (Å²) in [5, 5.41) is 7.83. The molecule has 3 heteroatoms. The fourth-order valence-corrected chi connectivity index (χ4v) is 7.07. The standard InChI is InChI=1S/C45H31N3/c1-3-13-30(14-4-1)43-46-44(31-15-5-2-6-16-31)48-45(47-43)36-20-12-19-34(28-36)32-17-11-18-33(27-32)35-25-26-41-39-23-8-7-21-37(39)38-22-9-10-24-40(38)42(41)29-35/h1-26,28-29,33H,27H2. The first kappa shape index (κ1) is 28.1. The lowest BCUT2D eigenvalue weighted by Gasteiger charge is -2.21. The van der Waals surface area contributed by atoms with Crippen LogP contribution in [0, 0.1) is 0 Å². The van der Waals surface area contributed by atoms with Crippen molar-refractivity contribution in [3.05, 3.63) is 181 Å². The van der Waals surface area contributed by atoms with Crippen LogP contribution in [0.1, 0.15) is 23.5 Å². The SMILES string of the molecule is C1=CC(c2ccc3c4ccccc4c4ccccc4c3c2)CC(c2cccc(-c3nc(-c4ccccc4)nc(-c4ccccc4)n3)c2)=C1. The second-order valence-electron chi connectivity index (χ2n) is 12.4. The van der Waals surface area contributed by atoms with Crippen molar-refractivity contribution in [1.29, 1.82) is 0 Å². The Morgan fingerprint density at radius 1 is 0.396 bits per heavy atom. The zero-order valence-corrected chi connectivity index (χ0v) is 26.3. The second-order valence-corrected chi connectivity index (χ2v) is 12.4. The average molecular weight is 614 g/mol. The molecule has 0 aliphatic heterocycles. The third-order valence-electron chi connectivity index (χ3n) is 9.47. The highest BCUT2D eigenvalue weighted by molar-refractivity contribution is 6.25. The van der Waals surface area contributed by atoms with Gasteiger partial charge in [0, 0.05) is 22.6 Å². The highest BCUT2D eigenvalue weighted by Gasteiger charge is 2.18. The Morgan fingerprint density at radius 3 is 1.48 bits per heavy atom. The summed E-state index contributed by atoms with van der Waals surface area (Å²) in [5.41, 5.74) is 6.72. The number of allylic oxidation sites excluding steroid dienone is 4. The van der Waals surface area contributed by atoms with Crippen LogP contribution in [-0.4, -0.2) is 15.0 Å². The molecule has 3 nitrogen and oxygen atoms in total. The Balaban J connectivity index is 1.08. The number of benzene rings is 7. The van der Waals surface area contributed by atoms with E-state index in [4.69, 9.17) is 15.0 Å². The molecule has 1 aliphatic carbocycles. The maximum absolute atomic E-state index is 4.97. The molecular formula is C45H31N3. The van der Waals surface area contributed by atoms with Crippen LogP contribution in [-0.2, 0) is 0 Å². The van der Waals surface area contributed by atoms with Crippen LogP contribution < -0.4 is 0 Å². The molecule has 1 aromatic heterocycles. The monoisotopic (exact) mass is 613 g/mol. The van der Waals surface area contributed by atoms with E-state index in [9.17, 15) is 0 Å². The number of aromatic nitrogens is 3. The second kappa shape index (κ2) is 11.9. The van der Waals surface area contributed by atoms with E-state index in [1.54, 1.807) is 0 Å². The predicted molar refractivity (Wildman–Crippen MR) is 200 cm³/mol. The van der Waals surface area contributed by atoms with Crippen molar-refractivity contribution < 1.29 is 0 Å². The molecule has 48 heavy (non-hydrogen) atoms. The van der Waals surface area contributed by atoms with Gasteiger partial charge in [0.1, 0.15) is 0 Å². The highest BCUT2D eigenvalue weighted by atomic mass is 15.0. The van der Waals surface area contributed by atoms with Gasteiger partial charge < -0.3 is 0 Å². The van der Waals surface area contributed by atoms with Gasteiger partial charge in [0.25, 0.3) is 0 Å². The normalized spacial score (nSPS) is 14.4. The number of rotatable bonds is 5. The van der Waals surface area contributed by atoms with E-state index in [-0.39, 0.29) is 5.92 Å². The molecule has 226 valence electrons. The van der Waals surface area contributed by atoms with Crippen LogP contribution in [0.5, 0.6) is 0 Å². The number of hydrogen-bond donors (Lipinski definition) is 0. The van der Waals surface area contributed by atoms with E-state index < -0.39 is 0 Å². The van der Waals surface area contributed by atoms with Crippen LogP contribution in [0.15, 0.2) is 170 Å². The molecule has 1 unspecified atom stereocenters. The lowest BCUT2D eigenvalue weighted by Crippen LogP contribution is -2.02. The molecule has 0 saturated heterocycles. The minimum absolute atomic E-state index is 0.273. The topological polar surface area (TPSA) is 38.7 Å². The average Bonchev–Trinajstić information content (AvgIpc) is 3.18. The molecule has 0 radical (unpaired) electrons. The van der Waals surface area contributed by atoms with E-state index >= 15 is 0 Å². The molecule has 8 aromatic rings. The minimum Gasteiger partial charge on any atom is -0.208 e. The molecule has 0 bridgehead atoms. The first-order valence-corrected chi connectivity index (χ1v) is 16.5. The lowest BCUT2D eigenvalue weighted by molar-refractivity contribution is 0.869. The summed E-state index contributed by atoms with van der Waals surface area (Å²) in [6.45, 7) is 0. The maximum Gasteiger partial charge on any atom is 0.164 e. The van der Waals surface area contributed by atoms with Crippen molar-refractivity contribution >= 4 is 37.9 Å². The smallest absolute Gasteiger partial charge is 0.164 e. The van der Waals surface area contributed by atoms with Gasteiger partial charge in [-0.3, -0.25) is 0 Å². The molecule has 0 spiro atoms. The van der Waals surface area contributed by atoms with Crippen molar-refractivity contribution in [2.24, 2.45) is 0 Å². The minimum atomic E-state index is 0.273. The Morgan fingerprint density at radius 2 is 0.875 bits per heavy atom. The Bertz CT molecular complexity index is 2440. The third-order valence-corrected chi connectivity index (χ3v) is 9.47. The van der Waals surface area contributed by atoms with Crippen LogP contribution in [0.3, 0.4) is 0 Å². The van der Waals surface area contributed by atoms with Gasteiger partial charge >= 0.3 is 0 Å². The van der Waals surface area contributed by atoms with E-state index in [0.717, 1.165) is 23.1 Å². The largest absolute Gasteiger partial charge is 0.208 e. The molecule has 1 heterocycles. The number of hydrogen-bond acceptors (Lipinski definition) is 3. The van der Waals surface area contributed by atoms with Gasteiger partial charge in [0.05, 0.1) is 0 Å². The zero-order valence-electron chi connectivity index (χ0n) is 26.3. The zero-order chi connectivity index (χ0) is 31.9. The fourth-order valence-electron chi connectivity index (χ4n) is 7.07. The van der Waals surface area contributed by atoms with E-state index in [1.165, 1.54) is 49.0 Å². The van der Waals surface area contributed by atoms with Gasteiger partial charge in [-0.25, -0.2) is 15.0 Å². The first-order chi connectivity index (χ1) is 23.8. The molecule has 1 aliphatic rings. The van der Waals surface area contributed by atoms with Gasteiger partial charge in [-0.15, -0.1) is 0 Å². The maximum atomic E-state index is 4.97. The number of fused-ring (bicyclic) bond motifs is 6. The summed E-state index contributed by atoms with van der Waals surface area (Å²) in [5.74, 6) is 2.28. The summed E-state index contributed by atoms with van der Waals surface area (Å²) in [6, 6.07) is 53.5.